The number of hydrogen-bond donors (Lipinski definition) is 0. The number of amides is 1. The van der Waals surface area contributed by atoms with Gasteiger partial charge in [0, 0.05) is 12.1 Å². The highest BCUT2D eigenvalue weighted by Gasteiger charge is 2.86. The van der Waals surface area contributed by atoms with Gasteiger partial charge in [-0.2, -0.15) is 47.9 Å². The largest absolute Gasteiger partial charge is 0.460 e. The minimum Gasteiger partial charge on any atom is -0.444 e. The maximum absolute atomic E-state index is 13.8. The topological polar surface area (TPSA) is 72.9 Å². The third kappa shape index (κ3) is 4.48. The summed E-state index contributed by atoms with van der Waals surface area (Å²) in [6, 6.07) is -1.59. The van der Waals surface area contributed by atoms with Crippen LogP contribution in [0.25, 0.3) is 0 Å². The molecule has 0 N–H and O–H groups in total. The Labute approximate surface area is 177 Å². The maximum Gasteiger partial charge on any atom is 0.460 e. The highest BCUT2D eigenvalue weighted by Crippen LogP contribution is 2.55. The van der Waals surface area contributed by atoms with Crippen LogP contribution in [0.15, 0.2) is 0 Å². The molecule has 6 nitrogen and oxygen atoms in total. The van der Waals surface area contributed by atoms with E-state index in [4.69, 9.17) is 4.74 Å². The minimum atomic E-state index is -7.36. The number of carbonyl (C=O) groups is 1. The van der Waals surface area contributed by atoms with Gasteiger partial charge < -0.3 is 9.64 Å². The second-order valence-corrected chi connectivity index (χ2v) is 10.2. The van der Waals surface area contributed by atoms with Gasteiger partial charge in [0.1, 0.15) is 5.60 Å². The van der Waals surface area contributed by atoms with Gasteiger partial charge in [-0.25, -0.2) is 4.79 Å². The van der Waals surface area contributed by atoms with E-state index in [1.807, 2.05) is 0 Å². The van der Waals surface area contributed by atoms with Crippen LogP contribution in [0.5, 0.6) is 0 Å². The maximum atomic E-state index is 13.8. The SMILES string of the molecule is CC(C)(C)OC(=O)N1C2CCC1CC(OS(=O)(=O)C(F)(F)C(F)(F)C(F)(F)C(F)(F)F)C2. The summed E-state index contributed by atoms with van der Waals surface area (Å²) in [5.74, 6) is -14.7. The Balaban J connectivity index is 2.21. The number of carbonyl (C=O) groups excluding carboxylic acids is 1. The van der Waals surface area contributed by atoms with Crippen LogP contribution in [0.1, 0.15) is 46.5 Å². The number of rotatable bonds is 5. The second-order valence-electron chi connectivity index (χ2n) is 8.58. The van der Waals surface area contributed by atoms with Gasteiger partial charge in [0.15, 0.2) is 0 Å². The van der Waals surface area contributed by atoms with Gasteiger partial charge in [-0.1, -0.05) is 0 Å². The molecule has 0 aromatic rings. The number of fused-ring (bicyclic) bond motifs is 2. The highest BCUT2D eigenvalue weighted by molar-refractivity contribution is 7.87. The van der Waals surface area contributed by atoms with Crippen molar-refractivity contribution in [1.82, 2.24) is 4.90 Å². The van der Waals surface area contributed by atoms with Gasteiger partial charge >= 0.3 is 39.5 Å². The van der Waals surface area contributed by atoms with Gasteiger partial charge in [-0.05, 0) is 46.5 Å². The molecule has 0 aromatic heterocycles. The molecule has 2 bridgehead atoms. The first kappa shape index (κ1) is 26.8. The fourth-order valence-electron chi connectivity index (χ4n) is 3.58. The quantitative estimate of drug-likeness (QED) is 0.397. The zero-order valence-electron chi connectivity index (χ0n) is 16.9. The molecule has 32 heavy (non-hydrogen) atoms. The number of hydrogen-bond acceptors (Lipinski definition) is 5. The van der Waals surface area contributed by atoms with Crippen LogP contribution in [0.2, 0.25) is 0 Å². The molecule has 188 valence electrons. The summed E-state index contributed by atoms with van der Waals surface area (Å²) in [6.07, 6.45) is -10.1. The third-order valence-corrected chi connectivity index (χ3v) is 6.40. The van der Waals surface area contributed by atoms with Crippen LogP contribution in [-0.4, -0.2) is 66.5 Å². The molecule has 0 spiro atoms. The number of ether oxygens (including phenoxy) is 1. The smallest absolute Gasteiger partial charge is 0.444 e. The molecular formula is C16H20F9NO5S. The molecule has 16 heteroatoms. The molecule has 2 saturated heterocycles. The average molecular weight is 509 g/mol. The Kier molecular flexibility index (Phi) is 6.54. The Hall–Kier alpha value is -1.45. The van der Waals surface area contributed by atoms with Crippen LogP contribution >= 0.6 is 0 Å². The second kappa shape index (κ2) is 7.81. The first-order valence-corrected chi connectivity index (χ1v) is 10.6. The molecule has 2 heterocycles. The lowest BCUT2D eigenvalue weighted by Crippen LogP contribution is -2.63. The van der Waals surface area contributed by atoms with Gasteiger partial charge in [0.25, 0.3) is 0 Å². The molecule has 2 fully saturated rings. The summed E-state index contributed by atoms with van der Waals surface area (Å²) in [4.78, 5) is 13.5. The highest BCUT2D eigenvalue weighted by atomic mass is 32.2. The van der Waals surface area contributed by atoms with E-state index in [0.29, 0.717) is 0 Å². The lowest BCUT2D eigenvalue weighted by molar-refractivity contribution is -0.382. The molecule has 2 aliphatic heterocycles. The van der Waals surface area contributed by atoms with Crippen molar-refractivity contribution in [2.75, 3.05) is 0 Å². The monoisotopic (exact) mass is 509 g/mol. The van der Waals surface area contributed by atoms with Crippen LogP contribution in [0.3, 0.4) is 0 Å². The zero-order chi connectivity index (χ0) is 25.1. The predicted octanol–water partition coefficient (Wildman–Crippen LogP) is 4.69. The van der Waals surface area contributed by atoms with Gasteiger partial charge in [-0.3, -0.25) is 4.18 Å². The minimum absolute atomic E-state index is 0.252. The van der Waals surface area contributed by atoms with Crippen molar-refractivity contribution in [1.29, 1.82) is 0 Å². The van der Waals surface area contributed by atoms with Gasteiger partial charge in [-0.15, -0.1) is 0 Å². The van der Waals surface area contributed by atoms with E-state index in [2.05, 4.69) is 4.18 Å². The van der Waals surface area contributed by atoms with Crippen LogP contribution in [0, 0.1) is 0 Å². The molecule has 2 atom stereocenters. The van der Waals surface area contributed by atoms with E-state index in [1.165, 1.54) is 4.90 Å². The summed E-state index contributed by atoms with van der Waals surface area (Å²) >= 11 is 0. The normalized spacial score (nSPS) is 25.8. The molecule has 2 unspecified atom stereocenters. The third-order valence-electron chi connectivity index (χ3n) is 4.99. The van der Waals surface area contributed by atoms with E-state index in [9.17, 15) is 52.7 Å². The van der Waals surface area contributed by atoms with Crippen molar-refractivity contribution in [3.05, 3.63) is 0 Å². The lowest BCUT2D eigenvalue weighted by Gasteiger charge is -2.39. The van der Waals surface area contributed by atoms with E-state index in [0.717, 1.165) is 0 Å². The Morgan fingerprint density at radius 3 is 1.66 bits per heavy atom. The molecule has 2 rings (SSSR count). The lowest BCUT2D eigenvalue weighted by atomic mass is 10.0. The van der Waals surface area contributed by atoms with Crippen molar-refractivity contribution in [2.24, 2.45) is 0 Å². The summed E-state index contributed by atoms with van der Waals surface area (Å²) in [5, 5.41) is -6.90. The van der Waals surface area contributed by atoms with Gasteiger partial charge in [0.05, 0.1) is 6.10 Å². The number of nitrogens with zero attached hydrogens (tertiary/aromatic N) is 1. The molecule has 0 aromatic carbocycles. The first-order valence-electron chi connectivity index (χ1n) is 9.19. The van der Waals surface area contributed by atoms with Gasteiger partial charge in [0.2, 0.25) is 0 Å². The van der Waals surface area contributed by atoms with Crippen molar-refractivity contribution in [3.63, 3.8) is 0 Å². The predicted molar refractivity (Wildman–Crippen MR) is 88.8 cm³/mol. The van der Waals surface area contributed by atoms with E-state index in [-0.39, 0.29) is 12.8 Å². The summed E-state index contributed by atoms with van der Waals surface area (Å²) in [5.41, 5.74) is -0.898. The number of halogens is 9. The van der Waals surface area contributed by atoms with Crippen LogP contribution < -0.4 is 0 Å². The first-order chi connectivity index (χ1) is 14.1. The molecule has 1 amide bonds. The summed E-state index contributed by atoms with van der Waals surface area (Å²) in [6.45, 7) is 4.69. The fourth-order valence-corrected chi connectivity index (χ4v) is 4.65. The van der Waals surface area contributed by atoms with Crippen molar-refractivity contribution < 1.29 is 61.6 Å². The Bertz CT molecular complexity index is 824. The van der Waals surface area contributed by atoms with Crippen molar-refractivity contribution >= 4 is 16.2 Å². The van der Waals surface area contributed by atoms with Crippen molar-refractivity contribution in [3.8, 4) is 0 Å². The Morgan fingerprint density at radius 1 is 0.844 bits per heavy atom. The summed E-state index contributed by atoms with van der Waals surface area (Å²) < 4.78 is 150. The van der Waals surface area contributed by atoms with E-state index in [1.54, 1.807) is 20.8 Å². The standard InChI is InChI=1S/C16H20F9NO5S/c1-12(2,3)30-11(27)26-8-4-5-9(26)7-10(6-8)31-32(28,29)16(24,25)14(19,20)13(17,18)15(21,22)23/h8-10H,4-7H2,1-3H3. The number of alkyl halides is 9. The average Bonchev–Trinajstić information content (AvgIpc) is 2.83. The Morgan fingerprint density at radius 2 is 1.28 bits per heavy atom. The zero-order valence-corrected chi connectivity index (χ0v) is 17.7. The molecule has 2 aliphatic rings. The summed E-state index contributed by atoms with van der Waals surface area (Å²) in [7, 11) is -6.94. The van der Waals surface area contributed by atoms with E-state index < -0.39 is 76.1 Å². The van der Waals surface area contributed by atoms with Crippen LogP contribution in [-0.2, 0) is 19.0 Å². The fraction of sp³-hybridized carbons (Fsp3) is 0.938. The van der Waals surface area contributed by atoms with E-state index >= 15 is 0 Å². The molecule has 0 aliphatic carbocycles. The molecule has 0 radical (unpaired) electrons. The number of piperidine rings is 1. The van der Waals surface area contributed by atoms with Crippen molar-refractivity contribution in [2.45, 2.75) is 93.5 Å². The molecular weight excluding hydrogens is 489 g/mol. The molecule has 0 saturated carbocycles. The van der Waals surface area contributed by atoms with Crippen LogP contribution in [0.4, 0.5) is 44.3 Å².